The molecule has 0 spiro atoms. The molecule has 1 saturated heterocycles. The number of nitrogens with zero attached hydrogens (tertiary/aromatic N) is 3. The maximum atomic E-state index is 13.3. The summed E-state index contributed by atoms with van der Waals surface area (Å²) in [6.07, 6.45) is -0.705. The van der Waals surface area contributed by atoms with Crippen molar-refractivity contribution in [2.24, 2.45) is 0 Å². The van der Waals surface area contributed by atoms with E-state index in [0.717, 1.165) is 5.56 Å². The van der Waals surface area contributed by atoms with Crippen LogP contribution in [0.5, 0.6) is 5.75 Å². The van der Waals surface area contributed by atoms with Crippen molar-refractivity contribution in [1.29, 1.82) is 0 Å². The molecule has 0 aliphatic carbocycles. The first-order valence-corrected chi connectivity index (χ1v) is 10.2. The summed E-state index contributed by atoms with van der Waals surface area (Å²) < 4.78 is 6.08. The van der Waals surface area contributed by atoms with Crippen molar-refractivity contribution in [3.05, 3.63) is 66.2 Å². The second-order valence-electron chi connectivity index (χ2n) is 6.99. The van der Waals surface area contributed by atoms with E-state index in [0.29, 0.717) is 45.0 Å². The Bertz CT molecular complexity index is 786. The fraction of sp³-hybridized carbons (Fsp3) is 0.391. The molecule has 154 valence electrons. The second kappa shape index (κ2) is 9.96. The SMILES string of the molecule is CCN(CC)C(=O)N1CCN(C(=O)C(Oc2ccccc2)c2ccccc2)CC1. The van der Waals surface area contributed by atoms with Gasteiger partial charge in [0.15, 0.2) is 0 Å². The molecule has 1 aliphatic rings. The van der Waals surface area contributed by atoms with Gasteiger partial charge in [0.05, 0.1) is 0 Å². The van der Waals surface area contributed by atoms with E-state index in [2.05, 4.69) is 0 Å². The zero-order valence-electron chi connectivity index (χ0n) is 17.2. The van der Waals surface area contributed by atoms with Crippen molar-refractivity contribution in [2.45, 2.75) is 20.0 Å². The number of piperazine rings is 1. The highest BCUT2D eigenvalue weighted by atomic mass is 16.5. The molecule has 6 nitrogen and oxygen atoms in total. The maximum Gasteiger partial charge on any atom is 0.320 e. The Labute approximate surface area is 172 Å². The molecule has 3 amide bonds. The van der Waals surface area contributed by atoms with Gasteiger partial charge in [0.1, 0.15) is 5.75 Å². The van der Waals surface area contributed by atoms with E-state index in [4.69, 9.17) is 4.74 Å². The van der Waals surface area contributed by atoms with Gasteiger partial charge < -0.3 is 19.4 Å². The highest BCUT2D eigenvalue weighted by Crippen LogP contribution is 2.24. The highest BCUT2D eigenvalue weighted by Gasteiger charge is 2.32. The Hall–Kier alpha value is -3.02. The molecule has 2 aromatic carbocycles. The highest BCUT2D eigenvalue weighted by molar-refractivity contribution is 5.83. The van der Waals surface area contributed by atoms with Crippen LogP contribution < -0.4 is 4.74 Å². The van der Waals surface area contributed by atoms with E-state index in [-0.39, 0.29) is 11.9 Å². The third kappa shape index (κ3) is 5.08. The van der Waals surface area contributed by atoms with Crippen molar-refractivity contribution in [1.82, 2.24) is 14.7 Å². The third-order valence-corrected chi connectivity index (χ3v) is 5.22. The Morgan fingerprint density at radius 2 is 1.38 bits per heavy atom. The minimum Gasteiger partial charge on any atom is -0.476 e. The number of rotatable bonds is 6. The standard InChI is InChI=1S/C23H29N3O3/c1-3-24(4-2)23(28)26-17-15-25(16-18-26)22(27)21(19-11-7-5-8-12-19)29-20-13-9-6-10-14-20/h5-14,21H,3-4,15-18H2,1-2H3. The molecule has 6 heteroatoms. The number of urea groups is 1. The monoisotopic (exact) mass is 395 g/mol. The molecule has 29 heavy (non-hydrogen) atoms. The quantitative estimate of drug-likeness (QED) is 0.753. The number of amides is 3. The van der Waals surface area contributed by atoms with Crippen molar-refractivity contribution < 1.29 is 14.3 Å². The summed E-state index contributed by atoms with van der Waals surface area (Å²) in [5, 5.41) is 0. The molecular weight excluding hydrogens is 366 g/mol. The molecule has 0 radical (unpaired) electrons. The van der Waals surface area contributed by atoms with E-state index in [9.17, 15) is 9.59 Å². The summed E-state index contributed by atoms with van der Waals surface area (Å²) in [4.78, 5) is 31.3. The largest absolute Gasteiger partial charge is 0.476 e. The Kier molecular flexibility index (Phi) is 7.11. The average molecular weight is 396 g/mol. The third-order valence-electron chi connectivity index (χ3n) is 5.22. The number of ether oxygens (including phenoxy) is 1. The maximum absolute atomic E-state index is 13.3. The van der Waals surface area contributed by atoms with Crippen LogP contribution >= 0.6 is 0 Å². The van der Waals surface area contributed by atoms with Crippen LogP contribution in [0.15, 0.2) is 60.7 Å². The molecule has 1 aliphatic heterocycles. The van der Waals surface area contributed by atoms with E-state index >= 15 is 0 Å². The smallest absolute Gasteiger partial charge is 0.320 e. The van der Waals surface area contributed by atoms with E-state index in [1.807, 2.05) is 84.3 Å². The molecule has 0 saturated carbocycles. The summed E-state index contributed by atoms with van der Waals surface area (Å²) in [6.45, 7) is 7.42. The van der Waals surface area contributed by atoms with Gasteiger partial charge in [-0.2, -0.15) is 0 Å². The number of benzene rings is 2. The molecule has 1 atom stereocenters. The molecule has 3 rings (SSSR count). The van der Waals surface area contributed by atoms with Crippen molar-refractivity contribution in [3.8, 4) is 5.75 Å². The summed E-state index contributed by atoms with van der Waals surface area (Å²) in [7, 11) is 0. The van der Waals surface area contributed by atoms with Crippen molar-refractivity contribution in [3.63, 3.8) is 0 Å². The van der Waals surface area contributed by atoms with Crippen LogP contribution in [0.1, 0.15) is 25.5 Å². The predicted molar refractivity (Wildman–Crippen MR) is 113 cm³/mol. The van der Waals surface area contributed by atoms with Gasteiger partial charge in [0, 0.05) is 44.8 Å². The average Bonchev–Trinajstić information content (AvgIpc) is 2.79. The van der Waals surface area contributed by atoms with E-state index in [1.165, 1.54) is 0 Å². The molecule has 0 aromatic heterocycles. The van der Waals surface area contributed by atoms with Gasteiger partial charge in [0.2, 0.25) is 6.10 Å². The van der Waals surface area contributed by atoms with Gasteiger partial charge in [-0.05, 0) is 26.0 Å². The van der Waals surface area contributed by atoms with Crippen LogP contribution in [-0.4, -0.2) is 65.9 Å². The lowest BCUT2D eigenvalue weighted by atomic mass is 10.1. The van der Waals surface area contributed by atoms with Gasteiger partial charge in [-0.25, -0.2) is 4.79 Å². The molecule has 1 heterocycles. The lowest BCUT2D eigenvalue weighted by Crippen LogP contribution is -2.55. The fourth-order valence-corrected chi connectivity index (χ4v) is 3.50. The first-order chi connectivity index (χ1) is 14.1. The normalized spacial score (nSPS) is 15.0. The first kappa shape index (κ1) is 20.7. The number of para-hydroxylation sites is 1. The minimum atomic E-state index is -0.705. The van der Waals surface area contributed by atoms with Gasteiger partial charge in [0.25, 0.3) is 5.91 Å². The lowest BCUT2D eigenvalue weighted by Gasteiger charge is -2.38. The van der Waals surface area contributed by atoms with Crippen LogP contribution in [0.25, 0.3) is 0 Å². The summed E-state index contributed by atoms with van der Waals surface area (Å²) in [5.41, 5.74) is 0.822. The Balaban J connectivity index is 1.70. The number of carbonyl (C=O) groups is 2. The van der Waals surface area contributed by atoms with Gasteiger partial charge in [-0.15, -0.1) is 0 Å². The summed E-state index contributed by atoms with van der Waals surface area (Å²) in [6, 6.07) is 19.0. The zero-order chi connectivity index (χ0) is 20.6. The van der Waals surface area contributed by atoms with Gasteiger partial charge >= 0.3 is 6.03 Å². The predicted octanol–water partition coefficient (Wildman–Crippen LogP) is 3.41. The first-order valence-electron chi connectivity index (χ1n) is 10.2. The van der Waals surface area contributed by atoms with Crippen LogP contribution in [-0.2, 0) is 4.79 Å². The van der Waals surface area contributed by atoms with Crippen LogP contribution in [0.4, 0.5) is 4.79 Å². The van der Waals surface area contributed by atoms with Crippen LogP contribution in [0, 0.1) is 0 Å². The number of hydrogen-bond donors (Lipinski definition) is 0. The van der Waals surface area contributed by atoms with Gasteiger partial charge in [-0.3, -0.25) is 4.79 Å². The molecule has 1 fully saturated rings. The van der Waals surface area contributed by atoms with Crippen LogP contribution in [0.2, 0.25) is 0 Å². The molecule has 0 N–H and O–H groups in total. The fourth-order valence-electron chi connectivity index (χ4n) is 3.50. The zero-order valence-corrected chi connectivity index (χ0v) is 17.2. The molecule has 2 aromatic rings. The summed E-state index contributed by atoms with van der Waals surface area (Å²) >= 11 is 0. The van der Waals surface area contributed by atoms with Crippen LogP contribution in [0.3, 0.4) is 0 Å². The molecule has 1 unspecified atom stereocenters. The Morgan fingerprint density at radius 1 is 0.862 bits per heavy atom. The van der Waals surface area contributed by atoms with E-state index in [1.54, 1.807) is 4.90 Å². The van der Waals surface area contributed by atoms with Gasteiger partial charge in [-0.1, -0.05) is 48.5 Å². The molecule has 0 bridgehead atoms. The Morgan fingerprint density at radius 3 is 1.93 bits per heavy atom. The second-order valence-corrected chi connectivity index (χ2v) is 6.99. The van der Waals surface area contributed by atoms with Crippen molar-refractivity contribution in [2.75, 3.05) is 39.3 Å². The van der Waals surface area contributed by atoms with E-state index < -0.39 is 6.10 Å². The number of hydrogen-bond acceptors (Lipinski definition) is 3. The number of carbonyl (C=O) groups excluding carboxylic acids is 2. The topological polar surface area (TPSA) is 53.1 Å². The lowest BCUT2D eigenvalue weighted by molar-refractivity contribution is -0.140. The minimum absolute atomic E-state index is 0.0437. The molecular formula is C23H29N3O3. The van der Waals surface area contributed by atoms with Crippen molar-refractivity contribution >= 4 is 11.9 Å². The summed E-state index contributed by atoms with van der Waals surface area (Å²) in [5.74, 6) is 0.583.